The fraction of sp³-hybridized carbons (Fsp3) is 0.133. The average molecular weight is 290 g/mol. The Morgan fingerprint density at radius 3 is 2.55 bits per heavy atom. The van der Waals surface area contributed by atoms with E-state index in [0.717, 1.165) is 11.1 Å². The molecule has 0 aromatic heterocycles. The van der Waals surface area contributed by atoms with Crippen molar-refractivity contribution < 1.29 is 4.79 Å². The van der Waals surface area contributed by atoms with Gasteiger partial charge in [-0.05, 0) is 29.3 Å². The highest BCUT2D eigenvalue weighted by Crippen LogP contribution is 2.14. The summed E-state index contributed by atoms with van der Waals surface area (Å²) in [5.41, 5.74) is 8.34. The van der Waals surface area contributed by atoms with Crippen molar-refractivity contribution in [3.8, 4) is 0 Å². The lowest BCUT2D eigenvalue weighted by Gasteiger charge is -2.10. The van der Waals surface area contributed by atoms with Gasteiger partial charge in [0, 0.05) is 23.8 Å². The number of hydrogen-bond donors (Lipinski definition) is 3. The van der Waals surface area contributed by atoms with Crippen molar-refractivity contribution in [3.05, 3.63) is 64.7 Å². The van der Waals surface area contributed by atoms with Gasteiger partial charge in [-0.2, -0.15) is 0 Å². The Labute approximate surface area is 122 Å². The van der Waals surface area contributed by atoms with Crippen LogP contribution in [0.2, 0.25) is 5.02 Å². The van der Waals surface area contributed by atoms with E-state index in [2.05, 4.69) is 10.6 Å². The van der Waals surface area contributed by atoms with Crippen LogP contribution in [0.25, 0.3) is 0 Å². The van der Waals surface area contributed by atoms with Gasteiger partial charge >= 0.3 is 6.03 Å². The molecule has 104 valence electrons. The number of halogens is 1. The highest BCUT2D eigenvalue weighted by Gasteiger charge is 2.04. The molecule has 0 saturated carbocycles. The summed E-state index contributed by atoms with van der Waals surface area (Å²) in [6, 6.07) is 14.5. The molecule has 2 amide bonds. The number of rotatable bonds is 4. The van der Waals surface area contributed by atoms with Crippen LogP contribution in [0.15, 0.2) is 48.5 Å². The first-order valence-corrected chi connectivity index (χ1v) is 6.64. The summed E-state index contributed by atoms with van der Waals surface area (Å²) in [6.45, 7) is 0.882. The molecule has 0 atom stereocenters. The molecule has 2 aromatic carbocycles. The first kappa shape index (κ1) is 14.4. The van der Waals surface area contributed by atoms with Gasteiger partial charge < -0.3 is 16.4 Å². The number of anilines is 1. The molecule has 0 aliphatic carbocycles. The first-order valence-electron chi connectivity index (χ1n) is 6.26. The maximum Gasteiger partial charge on any atom is 0.319 e. The normalized spacial score (nSPS) is 10.1. The van der Waals surface area contributed by atoms with E-state index in [9.17, 15) is 4.79 Å². The summed E-state index contributed by atoms with van der Waals surface area (Å²) in [5.74, 6) is 0. The van der Waals surface area contributed by atoms with Crippen LogP contribution in [-0.4, -0.2) is 6.03 Å². The molecule has 2 rings (SSSR count). The predicted octanol–water partition coefficient (Wildman–Crippen LogP) is 3.12. The van der Waals surface area contributed by atoms with E-state index in [1.165, 1.54) is 0 Å². The Hall–Kier alpha value is -2.04. The van der Waals surface area contributed by atoms with E-state index in [1.54, 1.807) is 24.3 Å². The minimum absolute atomic E-state index is 0.279. The number of hydrogen-bond acceptors (Lipinski definition) is 2. The van der Waals surface area contributed by atoms with Gasteiger partial charge in [0.15, 0.2) is 0 Å². The van der Waals surface area contributed by atoms with Crippen molar-refractivity contribution in [2.24, 2.45) is 5.73 Å². The monoisotopic (exact) mass is 289 g/mol. The van der Waals surface area contributed by atoms with Crippen molar-refractivity contribution in [2.75, 3.05) is 5.32 Å². The van der Waals surface area contributed by atoms with Crippen LogP contribution >= 0.6 is 11.6 Å². The maximum atomic E-state index is 11.8. The molecule has 0 spiro atoms. The van der Waals surface area contributed by atoms with Crippen molar-refractivity contribution in [3.63, 3.8) is 0 Å². The van der Waals surface area contributed by atoms with Crippen LogP contribution in [-0.2, 0) is 13.1 Å². The highest BCUT2D eigenvalue weighted by molar-refractivity contribution is 6.30. The molecule has 4 N–H and O–H groups in total. The number of carbonyl (C=O) groups excluding carboxylic acids is 1. The third-order valence-corrected chi connectivity index (χ3v) is 3.10. The minimum Gasteiger partial charge on any atom is -0.334 e. The molecule has 0 fully saturated rings. The number of amides is 2. The molecule has 0 bridgehead atoms. The quantitative estimate of drug-likeness (QED) is 0.809. The van der Waals surface area contributed by atoms with E-state index < -0.39 is 0 Å². The summed E-state index contributed by atoms with van der Waals surface area (Å²) in [4.78, 5) is 11.8. The fourth-order valence-electron chi connectivity index (χ4n) is 1.85. The Morgan fingerprint density at radius 1 is 1.10 bits per heavy atom. The van der Waals surface area contributed by atoms with Crippen LogP contribution in [0.5, 0.6) is 0 Å². The standard InChI is InChI=1S/C15H16ClN3O/c16-13-6-3-7-14(8-13)19-15(20)18-10-12-5-2-1-4-11(12)9-17/h1-8H,9-10,17H2,(H2,18,19,20). The maximum absolute atomic E-state index is 11.8. The van der Waals surface area contributed by atoms with Gasteiger partial charge in [-0.25, -0.2) is 4.79 Å². The van der Waals surface area contributed by atoms with Crippen molar-refractivity contribution in [1.29, 1.82) is 0 Å². The number of urea groups is 1. The van der Waals surface area contributed by atoms with E-state index in [1.807, 2.05) is 24.3 Å². The Bertz CT molecular complexity index is 601. The molecule has 0 aliphatic heterocycles. The van der Waals surface area contributed by atoms with Crippen LogP contribution < -0.4 is 16.4 Å². The predicted molar refractivity (Wildman–Crippen MR) is 81.6 cm³/mol. The van der Waals surface area contributed by atoms with E-state index in [4.69, 9.17) is 17.3 Å². The highest BCUT2D eigenvalue weighted by atomic mass is 35.5. The number of benzene rings is 2. The lowest BCUT2D eigenvalue weighted by atomic mass is 10.1. The molecule has 20 heavy (non-hydrogen) atoms. The second kappa shape index (κ2) is 6.93. The summed E-state index contributed by atoms with van der Waals surface area (Å²) in [6.07, 6.45) is 0. The zero-order valence-corrected chi connectivity index (χ0v) is 11.7. The Kier molecular flexibility index (Phi) is 4.98. The molecule has 0 aliphatic rings. The Morgan fingerprint density at radius 2 is 1.85 bits per heavy atom. The van der Waals surface area contributed by atoms with E-state index in [0.29, 0.717) is 23.8 Å². The molecule has 0 saturated heterocycles. The van der Waals surface area contributed by atoms with Gasteiger partial charge in [0.1, 0.15) is 0 Å². The van der Waals surface area contributed by atoms with Gasteiger partial charge in [0.05, 0.1) is 0 Å². The molecule has 0 radical (unpaired) electrons. The topological polar surface area (TPSA) is 67.1 Å². The lowest BCUT2D eigenvalue weighted by Crippen LogP contribution is -2.28. The summed E-state index contributed by atoms with van der Waals surface area (Å²) < 4.78 is 0. The van der Waals surface area contributed by atoms with Gasteiger partial charge in [-0.15, -0.1) is 0 Å². The van der Waals surface area contributed by atoms with Crippen molar-refractivity contribution in [2.45, 2.75) is 13.1 Å². The molecule has 5 heteroatoms. The molecule has 0 unspecified atom stereocenters. The zero-order valence-electron chi connectivity index (χ0n) is 10.9. The van der Waals surface area contributed by atoms with Crippen LogP contribution in [0.1, 0.15) is 11.1 Å². The third kappa shape index (κ3) is 3.98. The molecular formula is C15H16ClN3O. The third-order valence-electron chi connectivity index (χ3n) is 2.86. The molecule has 4 nitrogen and oxygen atoms in total. The zero-order chi connectivity index (χ0) is 14.4. The SMILES string of the molecule is NCc1ccccc1CNC(=O)Nc1cccc(Cl)c1. The van der Waals surface area contributed by atoms with E-state index in [-0.39, 0.29) is 6.03 Å². The lowest BCUT2D eigenvalue weighted by molar-refractivity contribution is 0.251. The number of carbonyl (C=O) groups is 1. The van der Waals surface area contributed by atoms with Crippen molar-refractivity contribution >= 4 is 23.3 Å². The van der Waals surface area contributed by atoms with Crippen LogP contribution in [0, 0.1) is 0 Å². The van der Waals surface area contributed by atoms with Gasteiger partial charge in [-0.1, -0.05) is 41.9 Å². The van der Waals surface area contributed by atoms with Gasteiger partial charge in [-0.3, -0.25) is 0 Å². The van der Waals surface area contributed by atoms with Crippen LogP contribution in [0.4, 0.5) is 10.5 Å². The van der Waals surface area contributed by atoms with Crippen LogP contribution in [0.3, 0.4) is 0 Å². The molecule has 2 aromatic rings. The summed E-state index contributed by atoms with van der Waals surface area (Å²) in [5, 5.41) is 6.10. The molecule has 0 heterocycles. The summed E-state index contributed by atoms with van der Waals surface area (Å²) in [7, 11) is 0. The largest absolute Gasteiger partial charge is 0.334 e. The Balaban J connectivity index is 1.92. The second-order valence-corrected chi connectivity index (χ2v) is 4.73. The molecular weight excluding hydrogens is 274 g/mol. The van der Waals surface area contributed by atoms with E-state index >= 15 is 0 Å². The summed E-state index contributed by atoms with van der Waals surface area (Å²) >= 11 is 5.86. The second-order valence-electron chi connectivity index (χ2n) is 4.29. The number of nitrogens with one attached hydrogen (secondary N) is 2. The first-order chi connectivity index (χ1) is 9.69. The van der Waals surface area contributed by atoms with Gasteiger partial charge in [0.25, 0.3) is 0 Å². The average Bonchev–Trinajstić information content (AvgIpc) is 2.45. The van der Waals surface area contributed by atoms with Gasteiger partial charge in [0.2, 0.25) is 0 Å². The number of nitrogens with two attached hydrogens (primary N) is 1. The fourth-order valence-corrected chi connectivity index (χ4v) is 2.04. The van der Waals surface area contributed by atoms with Crippen molar-refractivity contribution in [1.82, 2.24) is 5.32 Å². The smallest absolute Gasteiger partial charge is 0.319 e. The minimum atomic E-state index is -0.279.